The Kier molecular flexibility index (Phi) is 6.40. The van der Waals surface area contributed by atoms with E-state index in [1.165, 1.54) is 0 Å². The van der Waals surface area contributed by atoms with Gasteiger partial charge in [-0.3, -0.25) is 4.79 Å². The van der Waals surface area contributed by atoms with Gasteiger partial charge in [-0.15, -0.1) is 0 Å². The molecule has 3 rings (SSSR count). The molecule has 0 saturated carbocycles. The zero-order valence-corrected chi connectivity index (χ0v) is 16.6. The van der Waals surface area contributed by atoms with Gasteiger partial charge in [0.25, 0.3) is 0 Å². The average Bonchev–Trinajstić information content (AvgIpc) is 2.62. The first-order valence-electron chi connectivity index (χ1n) is 8.24. The maximum absolute atomic E-state index is 12.2. The first-order valence-corrected chi connectivity index (χ1v) is 9.41. The molecule has 1 amide bonds. The van der Waals surface area contributed by atoms with Crippen molar-refractivity contribution in [2.45, 2.75) is 19.6 Å². The number of halogens is 2. The molecule has 7 heteroatoms. The van der Waals surface area contributed by atoms with E-state index in [4.69, 9.17) is 25.8 Å². The molecule has 26 heavy (non-hydrogen) atoms. The molecule has 1 aliphatic heterocycles. The van der Waals surface area contributed by atoms with Gasteiger partial charge in [0, 0.05) is 9.50 Å². The lowest BCUT2D eigenvalue weighted by molar-refractivity contribution is -0.126. The molecule has 0 aliphatic carbocycles. The molecule has 1 heterocycles. The monoisotopic (exact) mass is 439 g/mol. The standard InChI is InChI=1S/C19H19BrClNO4/c1-12(14-8-17-18(9-15(14)20)26-7-6-25-17)22-19(23)11-24-10-13-4-2-3-5-16(13)21/h2-5,8-9,12H,6-7,10-11H2,1H3,(H,22,23). The van der Waals surface area contributed by atoms with E-state index >= 15 is 0 Å². The molecule has 1 unspecified atom stereocenters. The fraction of sp³-hybridized carbons (Fsp3) is 0.316. The summed E-state index contributed by atoms with van der Waals surface area (Å²) in [7, 11) is 0. The molecule has 1 aliphatic rings. The second kappa shape index (κ2) is 8.75. The Balaban J connectivity index is 1.55. The number of amides is 1. The summed E-state index contributed by atoms with van der Waals surface area (Å²) in [5.41, 5.74) is 1.76. The highest BCUT2D eigenvalue weighted by atomic mass is 79.9. The van der Waals surface area contributed by atoms with Crippen LogP contribution in [-0.4, -0.2) is 25.7 Å². The van der Waals surface area contributed by atoms with Crippen LogP contribution in [0.15, 0.2) is 40.9 Å². The summed E-state index contributed by atoms with van der Waals surface area (Å²) in [5.74, 6) is 1.19. The summed E-state index contributed by atoms with van der Waals surface area (Å²) in [5, 5.41) is 3.55. The summed E-state index contributed by atoms with van der Waals surface area (Å²) < 4.78 is 17.5. The van der Waals surface area contributed by atoms with Crippen molar-refractivity contribution < 1.29 is 19.0 Å². The van der Waals surface area contributed by atoms with Crippen LogP contribution in [0.25, 0.3) is 0 Å². The molecule has 2 aromatic carbocycles. The third-order valence-corrected chi connectivity index (χ3v) is 5.01. The number of hydrogen-bond donors (Lipinski definition) is 1. The normalized spacial score (nSPS) is 14.0. The summed E-state index contributed by atoms with van der Waals surface area (Å²) in [6, 6.07) is 10.9. The van der Waals surface area contributed by atoms with Crippen molar-refractivity contribution in [1.29, 1.82) is 0 Å². The van der Waals surface area contributed by atoms with Crippen LogP contribution in [0.2, 0.25) is 5.02 Å². The van der Waals surface area contributed by atoms with E-state index in [9.17, 15) is 4.79 Å². The molecular formula is C19H19BrClNO4. The largest absolute Gasteiger partial charge is 0.486 e. The molecule has 0 saturated heterocycles. The number of nitrogens with one attached hydrogen (secondary N) is 1. The Hall–Kier alpha value is -1.76. The van der Waals surface area contributed by atoms with Crippen LogP contribution in [-0.2, 0) is 16.1 Å². The summed E-state index contributed by atoms with van der Waals surface area (Å²) in [6.45, 7) is 3.20. The third kappa shape index (κ3) is 4.69. The predicted molar refractivity (Wildman–Crippen MR) is 103 cm³/mol. The van der Waals surface area contributed by atoms with Gasteiger partial charge in [-0.05, 0) is 36.2 Å². The lowest BCUT2D eigenvalue weighted by atomic mass is 10.1. The Morgan fingerprint density at radius 1 is 1.27 bits per heavy atom. The van der Waals surface area contributed by atoms with Crippen molar-refractivity contribution in [3.05, 3.63) is 57.0 Å². The molecule has 2 aromatic rings. The quantitative estimate of drug-likeness (QED) is 0.729. The highest BCUT2D eigenvalue weighted by Crippen LogP contribution is 2.37. The van der Waals surface area contributed by atoms with Gasteiger partial charge in [-0.2, -0.15) is 0 Å². The van der Waals surface area contributed by atoms with E-state index in [0.717, 1.165) is 15.6 Å². The molecule has 0 spiro atoms. The van der Waals surface area contributed by atoms with Crippen LogP contribution >= 0.6 is 27.5 Å². The minimum Gasteiger partial charge on any atom is -0.486 e. The summed E-state index contributed by atoms with van der Waals surface area (Å²) in [4.78, 5) is 12.2. The SMILES string of the molecule is CC(NC(=O)COCc1ccccc1Cl)c1cc2c(cc1Br)OCCO2. The van der Waals surface area contributed by atoms with E-state index in [1.54, 1.807) is 6.07 Å². The van der Waals surface area contributed by atoms with Crippen LogP contribution < -0.4 is 14.8 Å². The van der Waals surface area contributed by atoms with Crippen molar-refractivity contribution in [2.75, 3.05) is 19.8 Å². The molecular weight excluding hydrogens is 422 g/mol. The molecule has 138 valence electrons. The van der Waals surface area contributed by atoms with Crippen LogP contribution in [0.3, 0.4) is 0 Å². The van der Waals surface area contributed by atoms with Crippen molar-refractivity contribution in [2.24, 2.45) is 0 Å². The second-order valence-corrected chi connectivity index (χ2v) is 7.15. The molecule has 1 atom stereocenters. The zero-order chi connectivity index (χ0) is 18.5. The maximum atomic E-state index is 12.2. The van der Waals surface area contributed by atoms with E-state index < -0.39 is 0 Å². The van der Waals surface area contributed by atoms with E-state index in [-0.39, 0.29) is 25.2 Å². The summed E-state index contributed by atoms with van der Waals surface area (Å²) >= 11 is 9.60. The lowest BCUT2D eigenvalue weighted by Gasteiger charge is -2.22. The second-order valence-electron chi connectivity index (χ2n) is 5.89. The van der Waals surface area contributed by atoms with Gasteiger partial charge in [0.05, 0.1) is 12.6 Å². The number of carbonyl (C=O) groups excluding carboxylic acids is 1. The highest BCUT2D eigenvalue weighted by Gasteiger charge is 2.19. The molecule has 0 fully saturated rings. The molecule has 0 radical (unpaired) electrons. The molecule has 1 N–H and O–H groups in total. The van der Waals surface area contributed by atoms with Crippen LogP contribution in [0.4, 0.5) is 0 Å². The van der Waals surface area contributed by atoms with Gasteiger partial charge >= 0.3 is 0 Å². The average molecular weight is 441 g/mol. The summed E-state index contributed by atoms with van der Waals surface area (Å²) in [6.07, 6.45) is 0. The van der Waals surface area contributed by atoms with Crippen LogP contribution in [0.1, 0.15) is 24.1 Å². The van der Waals surface area contributed by atoms with Gasteiger partial charge in [0.2, 0.25) is 5.91 Å². The van der Waals surface area contributed by atoms with Gasteiger partial charge in [0.15, 0.2) is 11.5 Å². The van der Waals surface area contributed by atoms with Crippen LogP contribution in [0, 0.1) is 0 Å². The molecule has 5 nitrogen and oxygen atoms in total. The number of ether oxygens (including phenoxy) is 3. The Morgan fingerprint density at radius 2 is 1.96 bits per heavy atom. The molecule has 0 bridgehead atoms. The van der Waals surface area contributed by atoms with Gasteiger partial charge in [-0.25, -0.2) is 0 Å². The lowest BCUT2D eigenvalue weighted by Crippen LogP contribution is -2.30. The Morgan fingerprint density at radius 3 is 2.69 bits per heavy atom. The Labute approximate surface area is 165 Å². The number of rotatable bonds is 6. The fourth-order valence-corrected chi connectivity index (χ4v) is 3.50. The Bertz CT molecular complexity index is 799. The minimum absolute atomic E-state index is 0.0439. The van der Waals surface area contributed by atoms with Gasteiger partial charge < -0.3 is 19.5 Å². The van der Waals surface area contributed by atoms with E-state index in [1.807, 2.05) is 37.3 Å². The number of carbonyl (C=O) groups is 1. The predicted octanol–water partition coefficient (Wildman–Crippen LogP) is 4.27. The van der Waals surface area contributed by atoms with Gasteiger partial charge in [0.1, 0.15) is 19.8 Å². The highest BCUT2D eigenvalue weighted by molar-refractivity contribution is 9.10. The van der Waals surface area contributed by atoms with Gasteiger partial charge in [-0.1, -0.05) is 45.7 Å². The van der Waals surface area contributed by atoms with Crippen molar-refractivity contribution in [3.8, 4) is 11.5 Å². The number of fused-ring (bicyclic) bond motifs is 1. The third-order valence-electron chi connectivity index (χ3n) is 3.95. The zero-order valence-electron chi connectivity index (χ0n) is 14.3. The van der Waals surface area contributed by atoms with E-state index in [0.29, 0.717) is 29.7 Å². The number of benzene rings is 2. The first-order chi connectivity index (χ1) is 12.5. The smallest absolute Gasteiger partial charge is 0.246 e. The topological polar surface area (TPSA) is 56.8 Å². The molecule has 0 aromatic heterocycles. The van der Waals surface area contributed by atoms with Crippen LogP contribution in [0.5, 0.6) is 11.5 Å². The van der Waals surface area contributed by atoms with E-state index in [2.05, 4.69) is 21.2 Å². The maximum Gasteiger partial charge on any atom is 0.246 e. The fourth-order valence-electron chi connectivity index (χ4n) is 2.64. The number of hydrogen-bond acceptors (Lipinski definition) is 4. The minimum atomic E-state index is -0.211. The van der Waals surface area contributed by atoms with Crippen molar-refractivity contribution >= 4 is 33.4 Å². The van der Waals surface area contributed by atoms with Crippen molar-refractivity contribution in [3.63, 3.8) is 0 Å². The first kappa shape index (κ1) is 19.0. The van der Waals surface area contributed by atoms with Crippen molar-refractivity contribution in [1.82, 2.24) is 5.32 Å².